The molecule has 0 saturated carbocycles. The molecule has 0 atom stereocenters. The maximum absolute atomic E-state index is 12.4. The van der Waals surface area contributed by atoms with E-state index in [1.165, 1.54) is 45.6 Å². The number of aromatic hydroxyl groups is 1. The van der Waals surface area contributed by atoms with Gasteiger partial charge in [-0.25, -0.2) is 0 Å². The number of aliphatic hydroxyl groups is 1. The van der Waals surface area contributed by atoms with E-state index in [-0.39, 0.29) is 30.7 Å². The van der Waals surface area contributed by atoms with Crippen LogP contribution in [0.4, 0.5) is 0 Å². The molecule has 28 heavy (non-hydrogen) atoms. The van der Waals surface area contributed by atoms with E-state index in [2.05, 4.69) is 0 Å². The Labute approximate surface area is 162 Å². The molecule has 8 nitrogen and oxygen atoms in total. The van der Waals surface area contributed by atoms with Crippen LogP contribution in [0, 0.1) is 0 Å². The van der Waals surface area contributed by atoms with Gasteiger partial charge in [-0.2, -0.15) is 0 Å². The maximum Gasteiger partial charge on any atom is 0.193 e. The van der Waals surface area contributed by atoms with Crippen molar-refractivity contribution in [3.05, 3.63) is 53.6 Å². The van der Waals surface area contributed by atoms with Crippen LogP contribution >= 0.6 is 0 Å². The molecule has 0 aliphatic rings. The summed E-state index contributed by atoms with van der Waals surface area (Å²) in [5, 5.41) is 20.3. The van der Waals surface area contributed by atoms with E-state index in [4.69, 9.17) is 23.7 Å². The summed E-state index contributed by atoms with van der Waals surface area (Å²) in [7, 11) is 4.42. The summed E-state index contributed by atoms with van der Waals surface area (Å²) in [6, 6.07) is 8.87. The Kier molecular flexibility index (Phi) is 7.67. The number of aliphatic hydroxyl groups excluding tert-OH is 1. The van der Waals surface area contributed by atoms with Gasteiger partial charge >= 0.3 is 0 Å². The van der Waals surface area contributed by atoms with Gasteiger partial charge in [-0.15, -0.1) is 0 Å². The highest BCUT2D eigenvalue weighted by atomic mass is 16.7. The van der Waals surface area contributed by atoms with E-state index in [1.807, 2.05) is 0 Å². The molecule has 0 heterocycles. The Bertz CT molecular complexity index is 844. The van der Waals surface area contributed by atoms with Gasteiger partial charge < -0.3 is 33.9 Å². The number of carbonyl (C=O) groups excluding carboxylic acids is 1. The summed E-state index contributed by atoms with van der Waals surface area (Å²) in [6.45, 7) is 0.0543. The second-order valence-corrected chi connectivity index (χ2v) is 5.54. The lowest BCUT2D eigenvalue weighted by Gasteiger charge is -2.11. The fraction of sp³-hybridized carbons (Fsp3) is 0.250. The fourth-order valence-corrected chi connectivity index (χ4v) is 2.29. The van der Waals surface area contributed by atoms with Crippen LogP contribution in [0.25, 0.3) is 5.76 Å². The zero-order valence-corrected chi connectivity index (χ0v) is 15.8. The van der Waals surface area contributed by atoms with Gasteiger partial charge in [-0.1, -0.05) is 0 Å². The van der Waals surface area contributed by atoms with Gasteiger partial charge in [0.05, 0.1) is 12.7 Å². The van der Waals surface area contributed by atoms with Crippen LogP contribution < -0.4 is 14.2 Å². The van der Waals surface area contributed by atoms with Gasteiger partial charge in [0.25, 0.3) is 0 Å². The van der Waals surface area contributed by atoms with Gasteiger partial charge in [-0.3, -0.25) is 4.79 Å². The normalized spacial score (nSPS) is 11.2. The number of methoxy groups -OCH3 is 3. The Morgan fingerprint density at radius 2 is 1.68 bits per heavy atom. The molecule has 0 aliphatic carbocycles. The standard InChI is InChI=1S/C20H22O8/c1-24-11-27-14-5-6-15(17(22)9-14)18(23)10-16(21)13-4-7-19(28-12-25-2)20(8-13)26-3/h4-10,21-22H,11-12H2,1-3H3/b16-10-. The van der Waals surface area contributed by atoms with Crippen molar-refractivity contribution < 1.29 is 38.7 Å². The summed E-state index contributed by atoms with van der Waals surface area (Å²) in [6.07, 6.45) is 1.01. The number of hydrogen-bond donors (Lipinski definition) is 2. The Morgan fingerprint density at radius 1 is 0.964 bits per heavy atom. The van der Waals surface area contributed by atoms with Crippen molar-refractivity contribution in [2.24, 2.45) is 0 Å². The van der Waals surface area contributed by atoms with E-state index in [1.54, 1.807) is 12.1 Å². The Morgan fingerprint density at radius 3 is 2.32 bits per heavy atom. The van der Waals surface area contributed by atoms with Gasteiger partial charge in [-0.05, 0) is 30.3 Å². The number of benzene rings is 2. The van der Waals surface area contributed by atoms with E-state index in [0.29, 0.717) is 22.8 Å². The molecular weight excluding hydrogens is 368 g/mol. The van der Waals surface area contributed by atoms with E-state index in [9.17, 15) is 15.0 Å². The van der Waals surface area contributed by atoms with Crippen molar-refractivity contribution in [2.75, 3.05) is 34.9 Å². The van der Waals surface area contributed by atoms with Crippen LogP contribution in [-0.2, 0) is 9.47 Å². The third kappa shape index (κ3) is 5.38. The number of carbonyl (C=O) groups is 1. The molecule has 0 spiro atoms. The summed E-state index contributed by atoms with van der Waals surface area (Å²) in [5.41, 5.74) is 0.359. The van der Waals surface area contributed by atoms with Crippen LogP contribution in [0.5, 0.6) is 23.0 Å². The van der Waals surface area contributed by atoms with Crippen molar-refractivity contribution in [1.82, 2.24) is 0 Å². The lowest BCUT2D eigenvalue weighted by atomic mass is 10.1. The lowest BCUT2D eigenvalue weighted by molar-refractivity contribution is 0.0491. The predicted octanol–water partition coefficient (Wildman–Crippen LogP) is 3.15. The third-order valence-electron chi connectivity index (χ3n) is 3.64. The van der Waals surface area contributed by atoms with Crippen LogP contribution in [0.15, 0.2) is 42.5 Å². The number of phenols is 1. The number of allylic oxidation sites excluding steroid dienone is 1. The van der Waals surface area contributed by atoms with Gasteiger partial charge in [0.2, 0.25) is 0 Å². The first-order valence-corrected chi connectivity index (χ1v) is 8.20. The lowest BCUT2D eigenvalue weighted by Crippen LogP contribution is -2.02. The van der Waals surface area contributed by atoms with Crippen molar-refractivity contribution in [1.29, 1.82) is 0 Å². The van der Waals surface area contributed by atoms with Crippen LogP contribution in [0.1, 0.15) is 15.9 Å². The number of phenolic OH excluding ortho intramolecular Hbond substituents is 1. The van der Waals surface area contributed by atoms with Crippen LogP contribution in [0.2, 0.25) is 0 Å². The first-order valence-electron chi connectivity index (χ1n) is 8.20. The van der Waals surface area contributed by atoms with E-state index in [0.717, 1.165) is 6.08 Å². The minimum absolute atomic E-state index is 0.0132. The van der Waals surface area contributed by atoms with E-state index < -0.39 is 5.78 Å². The quantitative estimate of drug-likeness (QED) is 0.276. The average molecular weight is 390 g/mol. The highest BCUT2D eigenvalue weighted by Crippen LogP contribution is 2.31. The van der Waals surface area contributed by atoms with Gasteiger partial charge in [0, 0.05) is 31.9 Å². The van der Waals surface area contributed by atoms with E-state index >= 15 is 0 Å². The first kappa shape index (κ1) is 21.1. The molecular formula is C20H22O8. The molecule has 0 fully saturated rings. The van der Waals surface area contributed by atoms with Gasteiger partial charge in [0.15, 0.2) is 30.9 Å². The van der Waals surface area contributed by atoms with Crippen molar-refractivity contribution in [3.8, 4) is 23.0 Å². The second-order valence-electron chi connectivity index (χ2n) is 5.54. The molecule has 0 aromatic heterocycles. The second kappa shape index (κ2) is 10.2. The molecule has 8 heteroatoms. The van der Waals surface area contributed by atoms with Crippen molar-refractivity contribution >= 4 is 11.5 Å². The van der Waals surface area contributed by atoms with Gasteiger partial charge in [0.1, 0.15) is 17.3 Å². The molecule has 0 aliphatic heterocycles. The Balaban J connectivity index is 2.21. The molecule has 0 amide bonds. The summed E-state index contributed by atoms with van der Waals surface area (Å²) < 4.78 is 25.4. The number of ketones is 1. The zero-order valence-electron chi connectivity index (χ0n) is 15.8. The maximum atomic E-state index is 12.4. The molecule has 150 valence electrons. The summed E-state index contributed by atoms with van der Waals surface area (Å²) in [5.74, 6) is -0.00217. The smallest absolute Gasteiger partial charge is 0.193 e. The largest absolute Gasteiger partial charge is 0.507 e. The number of hydrogen-bond acceptors (Lipinski definition) is 8. The fourth-order valence-electron chi connectivity index (χ4n) is 2.29. The Hall–Kier alpha value is -3.23. The summed E-state index contributed by atoms with van der Waals surface area (Å²) in [4.78, 5) is 12.4. The van der Waals surface area contributed by atoms with Crippen LogP contribution in [0.3, 0.4) is 0 Å². The average Bonchev–Trinajstić information content (AvgIpc) is 2.70. The highest BCUT2D eigenvalue weighted by molar-refractivity contribution is 6.09. The molecule has 0 radical (unpaired) electrons. The third-order valence-corrected chi connectivity index (χ3v) is 3.64. The minimum Gasteiger partial charge on any atom is -0.507 e. The van der Waals surface area contributed by atoms with Crippen LogP contribution in [-0.4, -0.2) is 50.9 Å². The minimum atomic E-state index is -0.577. The molecule has 2 aromatic rings. The molecule has 0 bridgehead atoms. The number of rotatable bonds is 10. The number of ether oxygens (including phenoxy) is 5. The molecule has 0 unspecified atom stereocenters. The molecule has 2 N–H and O–H groups in total. The molecule has 2 aromatic carbocycles. The SMILES string of the molecule is COCOc1ccc(C(=O)/C=C(\O)c2ccc(OCOC)c(OC)c2)c(O)c1. The van der Waals surface area contributed by atoms with Crippen molar-refractivity contribution in [3.63, 3.8) is 0 Å². The van der Waals surface area contributed by atoms with Crippen molar-refractivity contribution in [2.45, 2.75) is 0 Å². The molecule has 0 saturated heterocycles. The zero-order chi connectivity index (χ0) is 20.5. The molecule has 2 rings (SSSR count). The first-order chi connectivity index (χ1) is 13.5. The topological polar surface area (TPSA) is 104 Å². The predicted molar refractivity (Wildman–Crippen MR) is 101 cm³/mol. The summed E-state index contributed by atoms with van der Waals surface area (Å²) >= 11 is 0. The monoisotopic (exact) mass is 390 g/mol. The highest BCUT2D eigenvalue weighted by Gasteiger charge is 2.14.